The molecule has 4 heteroatoms. The van der Waals surface area contributed by atoms with E-state index in [1.807, 2.05) is 6.07 Å². The first-order valence-electron chi connectivity index (χ1n) is 6.26. The van der Waals surface area contributed by atoms with E-state index in [-0.39, 0.29) is 5.82 Å². The fraction of sp³-hybridized carbons (Fsp3) is 0.333. The average Bonchev–Trinajstić information content (AvgIpc) is 2.84. The van der Waals surface area contributed by atoms with E-state index in [0.717, 1.165) is 23.1 Å². The highest BCUT2D eigenvalue weighted by Crippen LogP contribution is 2.22. The zero-order chi connectivity index (χ0) is 13.8. The molecule has 19 heavy (non-hydrogen) atoms. The molecule has 0 fully saturated rings. The van der Waals surface area contributed by atoms with Crippen LogP contribution in [0.5, 0.6) is 0 Å². The van der Waals surface area contributed by atoms with Crippen molar-refractivity contribution in [2.45, 2.75) is 33.0 Å². The van der Waals surface area contributed by atoms with Crippen molar-refractivity contribution in [2.75, 3.05) is 0 Å². The molecule has 0 aliphatic heterocycles. The zero-order valence-corrected chi connectivity index (χ0v) is 13.5. The van der Waals surface area contributed by atoms with Gasteiger partial charge in [-0.25, -0.2) is 4.39 Å². The largest absolute Gasteiger partial charge is 0.292 e. The van der Waals surface area contributed by atoms with E-state index in [1.165, 1.54) is 17.0 Å². The van der Waals surface area contributed by atoms with E-state index in [1.54, 1.807) is 11.3 Å². The summed E-state index contributed by atoms with van der Waals surface area (Å²) in [5, 5.41) is 2.10. The standard InChI is InChI=1S/C15H17BrFNS/c1-11(2)18(10-14-4-3-7-19-14)9-12-5-6-13(17)8-15(12)16/h3-8,11H,9-10H2,1-2H3. The van der Waals surface area contributed by atoms with Gasteiger partial charge in [-0.2, -0.15) is 0 Å². The molecule has 0 saturated heterocycles. The zero-order valence-electron chi connectivity index (χ0n) is 11.1. The first-order valence-corrected chi connectivity index (χ1v) is 7.94. The van der Waals surface area contributed by atoms with Crippen LogP contribution in [0.25, 0.3) is 0 Å². The lowest BCUT2D eigenvalue weighted by Gasteiger charge is -2.26. The third kappa shape index (κ3) is 4.13. The van der Waals surface area contributed by atoms with E-state index < -0.39 is 0 Å². The molecular weight excluding hydrogens is 325 g/mol. The molecule has 0 atom stereocenters. The molecule has 0 unspecified atom stereocenters. The quantitative estimate of drug-likeness (QED) is 0.734. The van der Waals surface area contributed by atoms with Gasteiger partial charge in [0.15, 0.2) is 0 Å². The summed E-state index contributed by atoms with van der Waals surface area (Å²) in [6.07, 6.45) is 0. The minimum atomic E-state index is -0.204. The molecule has 0 amide bonds. The molecular formula is C15H17BrFNS. The minimum absolute atomic E-state index is 0.204. The highest BCUT2D eigenvalue weighted by molar-refractivity contribution is 9.10. The SMILES string of the molecule is CC(C)N(Cc1cccs1)Cc1ccc(F)cc1Br. The lowest BCUT2D eigenvalue weighted by atomic mass is 10.2. The Hall–Kier alpha value is -0.710. The van der Waals surface area contributed by atoms with Crippen LogP contribution in [0.2, 0.25) is 0 Å². The van der Waals surface area contributed by atoms with Gasteiger partial charge in [-0.1, -0.05) is 28.1 Å². The second kappa shape index (κ2) is 6.64. The topological polar surface area (TPSA) is 3.24 Å². The minimum Gasteiger partial charge on any atom is -0.292 e. The molecule has 2 rings (SSSR count). The van der Waals surface area contributed by atoms with Crippen molar-refractivity contribution < 1.29 is 4.39 Å². The van der Waals surface area contributed by atoms with Crippen LogP contribution in [0.3, 0.4) is 0 Å². The monoisotopic (exact) mass is 341 g/mol. The van der Waals surface area contributed by atoms with E-state index in [4.69, 9.17) is 0 Å². The molecule has 0 aliphatic rings. The molecule has 1 nitrogen and oxygen atoms in total. The third-order valence-electron chi connectivity index (χ3n) is 3.06. The van der Waals surface area contributed by atoms with Crippen LogP contribution in [0, 0.1) is 5.82 Å². The van der Waals surface area contributed by atoms with Crippen molar-refractivity contribution in [1.82, 2.24) is 4.90 Å². The maximum Gasteiger partial charge on any atom is 0.124 e. The second-order valence-corrected chi connectivity index (χ2v) is 6.70. The molecule has 1 aromatic heterocycles. The Kier molecular flexibility index (Phi) is 5.13. The fourth-order valence-electron chi connectivity index (χ4n) is 1.89. The maximum atomic E-state index is 13.1. The molecule has 0 aliphatic carbocycles. The van der Waals surface area contributed by atoms with Crippen molar-refractivity contribution in [3.63, 3.8) is 0 Å². The Morgan fingerprint density at radius 1 is 1.26 bits per heavy atom. The summed E-state index contributed by atoms with van der Waals surface area (Å²) in [4.78, 5) is 3.73. The van der Waals surface area contributed by atoms with Gasteiger partial charge in [0, 0.05) is 28.5 Å². The Morgan fingerprint density at radius 2 is 2.05 bits per heavy atom. The van der Waals surface area contributed by atoms with E-state index in [0.29, 0.717) is 6.04 Å². The molecule has 2 aromatic rings. The number of thiophene rings is 1. The summed E-state index contributed by atoms with van der Waals surface area (Å²) >= 11 is 5.21. The normalized spacial score (nSPS) is 11.5. The molecule has 0 bridgehead atoms. The number of benzene rings is 1. The van der Waals surface area contributed by atoms with Crippen LogP contribution in [0.15, 0.2) is 40.2 Å². The third-order valence-corrected chi connectivity index (χ3v) is 4.66. The Labute approximate surface area is 126 Å². The van der Waals surface area contributed by atoms with Gasteiger partial charge in [-0.05, 0) is 43.0 Å². The molecule has 0 saturated carbocycles. The Morgan fingerprint density at radius 3 is 2.63 bits per heavy atom. The van der Waals surface area contributed by atoms with Gasteiger partial charge in [0.1, 0.15) is 5.82 Å². The van der Waals surface area contributed by atoms with Crippen LogP contribution in [-0.2, 0) is 13.1 Å². The number of hydrogen-bond acceptors (Lipinski definition) is 2. The van der Waals surface area contributed by atoms with Crippen LogP contribution in [-0.4, -0.2) is 10.9 Å². The molecule has 1 aromatic carbocycles. The van der Waals surface area contributed by atoms with Crippen molar-refractivity contribution in [2.24, 2.45) is 0 Å². The number of halogens is 2. The van der Waals surface area contributed by atoms with Gasteiger partial charge < -0.3 is 0 Å². The van der Waals surface area contributed by atoms with Crippen molar-refractivity contribution in [3.05, 3.63) is 56.4 Å². The lowest BCUT2D eigenvalue weighted by molar-refractivity contribution is 0.205. The summed E-state index contributed by atoms with van der Waals surface area (Å²) in [5.74, 6) is -0.204. The van der Waals surface area contributed by atoms with Crippen molar-refractivity contribution in [3.8, 4) is 0 Å². The second-order valence-electron chi connectivity index (χ2n) is 4.81. The molecule has 0 spiro atoms. The Bertz CT molecular complexity index is 525. The smallest absolute Gasteiger partial charge is 0.124 e. The van der Waals surface area contributed by atoms with Crippen LogP contribution < -0.4 is 0 Å². The predicted molar refractivity (Wildman–Crippen MR) is 82.8 cm³/mol. The fourth-order valence-corrected chi connectivity index (χ4v) is 3.10. The highest BCUT2D eigenvalue weighted by atomic mass is 79.9. The summed E-state index contributed by atoms with van der Waals surface area (Å²) in [7, 11) is 0. The van der Waals surface area contributed by atoms with Crippen LogP contribution in [0.1, 0.15) is 24.3 Å². The first kappa shape index (κ1) is 14.7. The number of hydrogen-bond donors (Lipinski definition) is 0. The van der Waals surface area contributed by atoms with Gasteiger partial charge >= 0.3 is 0 Å². The van der Waals surface area contributed by atoms with Gasteiger partial charge in [0.25, 0.3) is 0 Å². The number of nitrogens with zero attached hydrogens (tertiary/aromatic N) is 1. The predicted octanol–water partition coefficient (Wildman–Crippen LogP) is 5.06. The Balaban J connectivity index is 2.12. The van der Waals surface area contributed by atoms with Crippen LogP contribution >= 0.6 is 27.3 Å². The van der Waals surface area contributed by atoms with Gasteiger partial charge in [0.05, 0.1) is 0 Å². The summed E-state index contributed by atoms with van der Waals surface area (Å²) in [5.41, 5.74) is 1.12. The molecule has 0 N–H and O–H groups in total. The van der Waals surface area contributed by atoms with Crippen molar-refractivity contribution >= 4 is 27.3 Å². The van der Waals surface area contributed by atoms with Crippen LogP contribution in [0.4, 0.5) is 4.39 Å². The van der Waals surface area contributed by atoms with E-state index in [9.17, 15) is 4.39 Å². The molecule has 1 heterocycles. The van der Waals surface area contributed by atoms with E-state index >= 15 is 0 Å². The number of rotatable bonds is 5. The summed E-state index contributed by atoms with van der Waals surface area (Å²) in [6, 6.07) is 9.57. The lowest BCUT2D eigenvalue weighted by Crippen LogP contribution is -2.29. The van der Waals surface area contributed by atoms with Gasteiger partial charge in [-0.15, -0.1) is 11.3 Å². The first-order chi connectivity index (χ1) is 9.06. The molecule has 0 radical (unpaired) electrons. The van der Waals surface area contributed by atoms with Gasteiger partial charge in [0.2, 0.25) is 0 Å². The average molecular weight is 342 g/mol. The molecule has 102 valence electrons. The van der Waals surface area contributed by atoms with Gasteiger partial charge in [-0.3, -0.25) is 4.90 Å². The summed E-state index contributed by atoms with van der Waals surface area (Å²) < 4.78 is 13.9. The van der Waals surface area contributed by atoms with Crippen molar-refractivity contribution in [1.29, 1.82) is 0 Å². The highest BCUT2D eigenvalue weighted by Gasteiger charge is 2.13. The maximum absolute atomic E-state index is 13.1. The van der Waals surface area contributed by atoms with E-state index in [2.05, 4.69) is 52.2 Å². The summed E-state index contributed by atoms with van der Waals surface area (Å²) in [6.45, 7) is 6.12.